The van der Waals surface area contributed by atoms with Crippen molar-refractivity contribution in [1.82, 2.24) is 10.2 Å². The summed E-state index contributed by atoms with van der Waals surface area (Å²) < 4.78 is 26.7. The van der Waals surface area contributed by atoms with Crippen LogP contribution in [0, 0.1) is 0 Å². The van der Waals surface area contributed by atoms with Gasteiger partial charge in [0.2, 0.25) is 21.8 Å². The predicted octanol–water partition coefficient (Wildman–Crippen LogP) is 5.97. The number of halogens is 3. The highest BCUT2D eigenvalue weighted by Gasteiger charge is 2.34. The predicted molar refractivity (Wildman–Crippen MR) is 162 cm³/mol. The summed E-state index contributed by atoms with van der Waals surface area (Å²) in [7, 11) is -3.97. The van der Waals surface area contributed by atoms with Gasteiger partial charge in [-0.1, -0.05) is 84.2 Å². The number of hydrogen-bond acceptors (Lipinski definition) is 4. The average Bonchev–Trinajstić information content (AvgIpc) is 2.91. The lowest BCUT2D eigenvalue weighted by atomic mass is 10.0. The fourth-order valence-corrected chi connectivity index (χ4v) is 5.47. The second kappa shape index (κ2) is 14.2. The maximum atomic E-state index is 14.1. The lowest BCUT2D eigenvalue weighted by molar-refractivity contribution is -0.140. The van der Waals surface area contributed by atoms with Gasteiger partial charge in [0, 0.05) is 29.1 Å². The summed E-state index contributed by atoms with van der Waals surface area (Å²) in [5.74, 6) is -0.927. The van der Waals surface area contributed by atoms with Crippen LogP contribution < -0.4 is 9.62 Å². The number of rotatable bonds is 12. The van der Waals surface area contributed by atoms with E-state index >= 15 is 0 Å². The minimum Gasteiger partial charge on any atom is -0.352 e. The van der Waals surface area contributed by atoms with Crippen LogP contribution in [0.4, 0.5) is 5.69 Å². The number of carbonyl (C=O) groups is 2. The molecule has 0 aliphatic heterocycles. The highest BCUT2D eigenvalue weighted by molar-refractivity contribution is 7.92. The van der Waals surface area contributed by atoms with E-state index in [4.69, 9.17) is 34.8 Å². The highest BCUT2D eigenvalue weighted by atomic mass is 35.5. The molecular weight excluding hydrogens is 593 g/mol. The summed E-state index contributed by atoms with van der Waals surface area (Å²) in [6.45, 7) is 3.29. The third-order valence-corrected chi connectivity index (χ3v) is 8.33. The summed E-state index contributed by atoms with van der Waals surface area (Å²) in [6.07, 6.45) is 1.90. The van der Waals surface area contributed by atoms with Gasteiger partial charge >= 0.3 is 0 Å². The molecule has 0 aliphatic carbocycles. The molecule has 2 atom stereocenters. The van der Waals surface area contributed by atoms with Gasteiger partial charge in [0.25, 0.3) is 0 Å². The van der Waals surface area contributed by atoms with Gasteiger partial charge in [-0.3, -0.25) is 13.9 Å². The highest BCUT2D eigenvalue weighted by Crippen LogP contribution is 2.31. The van der Waals surface area contributed by atoms with E-state index in [1.54, 1.807) is 24.3 Å². The molecule has 40 heavy (non-hydrogen) atoms. The van der Waals surface area contributed by atoms with Crippen LogP contribution in [0.1, 0.15) is 31.4 Å². The van der Waals surface area contributed by atoms with E-state index in [2.05, 4.69) is 5.32 Å². The average molecular weight is 625 g/mol. The molecule has 1 N–H and O–H groups in total. The molecule has 0 saturated heterocycles. The van der Waals surface area contributed by atoms with Gasteiger partial charge in [0.1, 0.15) is 12.6 Å². The first-order chi connectivity index (χ1) is 18.9. The van der Waals surface area contributed by atoms with Crippen molar-refractivity contribution in [2.24, 2.45) is 0 Å². The molecule has 0 unspecified atom stereocenters. The third-order valence-electron chi connectivity index (χ3n) is 6.39. The van der Waals surface area contributed by atoms with E-state index in [1.165, 1.54) is 23.1 Å². The van der Waals surface area contributed by atoms with Crippen LogP contribution in [0.25, 0.3) is 0 Å². The smallest absolute Gasteiger partial charge is 0.244 e. The van der Waals surface area contributed by atoms with Gasteiger partial charge in [-0.15, -0.1) is 0 Å². The zero-order valence-corrected chi connectivity index (χ0v) is 25.6. The van der Waals surface area contributed by atoms with Gasteiger partial charge in [0.05, 0.1) is 17.0 Å². The van der Waals surface area contributed by atoms with Crippen LogP contribution in [-0.2, 0) is 32.6 Å². The second-order valence-electron chi connectivity index (χ2n) is 9.54. The Morgan fingerprint density at radius 1 is 0.900 bits per heavy atom. The van der Waals surface area contributed by atoms with E-state index in [0.29, 0.717) is 11.4 Å². The molecule has 0 heterocycles. The number of nitrogens with one attached hydrogen (secondary N) is 1. The number of carbonyl (C=O) groups excluding carboxylic acids is 2. The molecular formula is C29H32Cl3N3O4S. The molecule has 3 aromatic rings. The maximum Gasteiger partial charge on any atom is 0.244 e. The lowest BCUT2D eigenvalue weighted by Gasteiger charge is -2.34. The molecule has 214 valence electrons. The van der Waals surface area contributed by atoms with Crippen molar-refractivity contribution in [2.75, 3.05) is 17.1 Å². The van der Waals surface area contributed by atoms with Crippen LogP contribution >= 0.6 is 34.8 Å². The van der Waals surface area contributed by atoms with E-state index < -0.39 is 28.5 Å². The summed E-state index contributed by atoms with van der Waals surface area (Å²) in [4.78, 5) is 29.1. The fourth-order valence-electron chi connectivity index (χ4n) is 4.05. The summed E-state index contributed by atoms with van der Waals surface area (Å²) >= 11 is 18.5. The molecule has 3 aromatic carbocycles. The fraction of sp³-hybridized carbons (Fsp3) is 0.310. The number of sulfonamides is 1. The SMILES string of the molecule is CC[C@H](C)NC(=O)[C@H](Cc1ccccc1)N(Cc1ccc(Cl)cc1)C(=O)CN(c1cc(Cl)ccc1Cl)S(C)(=O)=O. The Kier molecular flexibility index (Phi) is 11.3. The van der Waals surface area contributed by atoms with Crippen LogP contribution in [-0.4, -0.2) is 50.0 Å². The van der Waals surface area contributed by atoms with Crippen molar-refractivity contribution >= 4 is 62.3 Å². The van der Waals surface area contributed by atoms with Gasteiger partial charge in [-0.05, 0) is 54.8 Å². The molecule has 0 saturated carbocycles. The molecule has 0 spiro atoms. The number of anilines is 1. The molecule has 2 amide bonds. The Bertz CT molecular complexity index is 1420. The number of amides is 2. The summed E-state index contributed by atoms with van der Waals surface area (Å²) in [5, 5.41) is 3.88. The number of benzene rings is 3. The molecule has 0 bridgehead atoms. The van der Waals surface area contributed by atoms with Gasteiger partial charge < -0.3 is 10.2 Å². The van der Waals surface area contributed by atoms with E-state index in [1.807, 2.05) is 44.2 Å². The van der Waals surface area contributed by atoms with Gasteiger partial charge in [-0.25, -0.2) is 8.42 Å². The van der Waals surface area contributed by atoms with Crippen LogP contribution in [0.15, 0.2) is 72.8 Å². The normalized spacial score (nSPS) is 12.8. The van der Waals surface area contributed by atoms with Gasteiger partial charge in [0.15, 0.2) is 0 Å². The maximum absolute atomic E-state index is 14.1. The standard InChI is InChI=1S/C29H32Cl3N3O4S/c1-4-20(2)33-29(37)27(16-21-8-6-5-7-9-21)34(18-22-10-12-23(30)13-11-22)28(36)19-35(40(3,38)39)26-17-24(31)14-15-25(26)32/h5-15,17,20,27H,4,16,18-19H2,1-3H3,(H,33,37)/t20-,27-/m0/s1. The first-order valence-electron chi connectivity index (χ1n) is 12.7. The Morgan fingerprint density at radius 3 is 2.12 bits per heavy atom. The first-order valence-corrected chi connectivity index (χ1v) is 15.7. The van der Waals surface area contributed by atoms with Crippen molar-refractivity contribution in [3.8, 4) is 0 Å². The minimum absolute atomic E-state index is 0.0440. The molecule has 3 rings (SSSR count). The molecule has 0 aromatic heterocycles. The number of hydrogen-bond donors (Lipinski definition) is 1. The third kappa shape index (κ3) is 8.86. The van der Waals surface area contributed by atoms with Crippen molar-refractivity contribution in [2.45, 2.75) is 45.3 Å². The van der Waals surface area contributed by atoms with E-state index in [9.17, 15) is 18.0 Å². The first kappa shape index (κ1) is 31.7. The minimum atomic E-state index is -3.97. The van der Waals surface area contributed by atoms with Gasteiger partial charge in [-0.2, -0.15) is 0 Å². The largest absolute Gasteiger partial charge is 0.352 e. The quantitative estimate of drug-likeness (QED) is 0.269. The summed E-state index contributed by atoms with van der Waals surface area (Å²) in [5.41, 5.74) is 1.64. The van der Waals surface area contributed by atoms with Crippen LogP contribution in [0.3, 0.4) is 0 Å². The van der Waals surface area contributed by atoms with Crippen molar-refractivity contribution in [1.29, 1.82) is 0 Å². The van der Waals surface area contributed by atoms with Crippen molar-refractivity contribution in [3.05, 3.63) is 99.0 Å². The topological polar surface area (TPSA) is 86.8 Å². The number of nitrogens with zero attached hydrogens (tertiary/aromatic N) is 2. The van der Waals surface area contributed by atoms with E-state index in [-0.39, 0.29) is 40.6 Å². The van der Waals surface area contributed by atoms with Crippen LogP contribution in [0.5, 0.6) is 0 Å². The zero-order valence-electron chi connectivity index (χ0n) is 22.5. The molecule has 0 radical (unpaired) electrons. The van der Waals surface area contributed by atoms with Crippen molar-refractivity contribution in [3.63, 3.8) is 0 Å². The molecule has 11 heteroatoms. The Labute approximate surface area is 251 Å². The molecule has 0 aliphatic rings. The molecule has 0 fully saturated rings. The Balaban J connectivity index is 2.08. The zero-order chi connectivity index (χ0) is 29.4. The van der Waals surface area contributed by atoms with Crippen molar-refractivity contribution < 1.29 is 18.0 Å². The van der Waals surface area contributed by atoms with Crippen LogP contribution in [0.2, 0.25) is 15.1 Å². The summed E-state index contributed by atoms with van der Waals surface area (Å²) in [6, 6.07) is 19.6. The Morgan fingerprint density at radius 2 is 1.52 bits per heavy atom. The van der Waals surface area contributed by atoms with E-state index in [0.717, 1.165) is 21.7 Å². The molecule has 7 nitrogen and oxygen atoms in total. The monoisotopic (exact) mass is 623 g/mol. The lowest BCUT2D eigenvalue weighted by Crippen LogP contribution is -2.54. The second-order valence-corrected chi connectivity index (χ2v) is 12.7. The Hall–Kier alpha value is -2.78.